The smallest absolute Gasteiger partial charge is 0.336 e. The average molecular weight is 659 g/mol. The van der Waals surface area contributed by atoms with Gasteiger partial charge < -0.3 is 64.2 Å². The van der Waals surface area contributed by atoms with Gasteiger partial charge in [0.25, 0.3) is 0 Å². The fourth-order valence-corrected chi connectivity index (χ4v) is 1.31. The normalized spacial score (nSPS) is 5.87. The van der Waals surface area contributed by atoms with Crippen LogP contribution in [0.25, 0.3) is 0 Å². The van der Waals surface area contributed by atoms with Gasteiger partial charge in [-0.25, -0.2) is 19.2 Å². The second-order valence-corrected chi connectivity index (χ2v) is 3.16. The van der Waals surface area contributed by atoms with Crippen LogP contribution in [0.2, 0.25) is 0 Å². The summed E-state index contributed by atoms with van der Waals surface area (Å²) in [4.78, 5) is 43.1. The van der Waals surface area contributed by atoms with E-state index in [2.05, 4.69) is 0 Å². The molecule has 0 unspecified atom stereocenters. The summed E-state index contributed by atoms with van der Waals surface area (Å²) in [5, 5.41) is 35.0. The molecule has 30 heavy (non-hydrogen) atoms. The van der Waals surface area contributed by atoms with E-state index in [1.54, 1.807) is 0 Å². The Bertz CT molecular complexity index is 497. The van der Waals surface area contributed by atoms with Crippen LogP contribution in [0.4, 0.5) is 0 Å². The van der Waals surface area contributed by atoms with Crippen LogP contribution < -0.4 is 0 Å². The van der Waals surface area contributed by atoms with Gasteiger partial charge in [0.1, 0.15) is 0 Å². The molecule has 0 heterocycles. The van der Waals surface area contributed by atoms with Crippen LogP contribution in [-0.2, 0) is 101 Å². The topological polar surface area (TPSA) is 410 Å². The molecule has 0 amide bonds. The fraction of sp³-hybridized carbons (Fsp3) is 0. The maximum Gasteiger partial charge on any atom is 0.336 e. The molecule has 4 radical (unpaired) electrons. The first kappa shape index (κ1) is 78.8. The summed E-state index contributed by atoms with van der Waals surface area (Å²) in [7, 11) is 0. The van der Waals surface area contributed by atoms with Crippen LogP contribution in [0.15, 0.2) is 12.1 Å². The number of aromatic carboxylic acids is 4. The third-order valence-corrected chi connectivity index (χ3v) is 2.08. The Morgan fingerprint density at radius 3 is 0.600 bits per heavy atom. The molecular weight excluding hydrogens is 630 g/mol. The predicted molar refractivity (Wildman–Crippen MR) is 90.7 cm³/mol. The maximum absolute atomic E-state index is 10.8. The van der Waals surface area contributed by atoms with Crippen molar-refractivity contribution in [2.45, 2.75) is 0 Å². The van der Waals surface area contributed by atoms with Crippen molar-refractivity contribution in [1.82, 2.24) is 0 Å². The number of benzene rings is 1. The van der Waals surface area contributed by atoms with E-state index >= 15 is 0 Å². The summed E-state index contributed by atoms with van der Waals surface area (Å²) in [5.41, 5.74) is -3.15. The Morgan fingerprint density at radius 2 is 0.533 bits per heavy atom. The van der Waals surface area contributed by atoms with Crippen LogP contribution in [-0.4, -0.2) is 55.3 Å². The molecule has 20 heteroatoms. The van der Waals surface area contributed by atoms with Gasteiger partial charge >= 0.3 is 23.9 Å². The Kier molecular flexibility index (Phi) is 85.4. The van der Waals surface area contributed by atoms with Gasteiger partial charge in [-0.05, 0) is 12.1 Å². The molecule has 1 aromatic rings. The first-order valence-corrected chi connectivity index (χ1v) is 4.37. The van der Waals surface area contributed by atoms with Crippen molar-refractivity contribution in [2.75, 3.05) is 0 Å². The molecule has 16 nitrogen and oxygen atoms in total. The van der Waals surface area contributed by atoms with Crippen LogP contribution in [0, 0.1) is 0 Å². The van der Waals surface area contributed by atoms with Crippen LogP contribution >= 0.6 is 0 Å². The van der Waals surface area contributed by atoms with Crippen molar-refractivity contribution in [1.29, 1.82) is 0 Å². The molecular formula is C10H28Cu4O16+6. The number of carboxylic acids is 4. The van der Waals surface area contributed by atoms with E-state index in [4.69, 9.17) is 20.4 Å². The Hall–Kier alpha value is -1.14. The van der Waals surface area contributed by atoms with Crippen molar-refractivity contribution >= 4 is 23.9 Å². The standard InChI is InChI=1S/C10H6O8.4Cu.8H2O/c11-7(12)3-1-4(8(13)14)6(10(17)18)2-5(3)9(15)16;;;;;;;;;;;;/h1-2H,(H,11,12)(H,13,14)(H,15,16)(H,17,18);;;;;8*1H2/p+6. The molecule has 0 fully saturated rings. The van der Waals surface area contributed by atoms with Gasteiger partial charge in [-0.1, -0.05) is 0 Å². The average Bonchev–Trinajstić information content (AvgIpc) is 2.26. The van der Waals surface area contributed by atoms with E-state index < -0.39 is 46.1 Å². The van der Waals surface area contributed by atoms with Crippen molar-refractivity contribution in [3.8, 4) is 0 Å². The summed E-state index contributed by atoms with van der Waals surface area (Å²) < 4.78 is 0. The maximum atomic E-state index is 10.8. The van der Waals surface area contributed by atoms with Crippen LogP contribution in [0.5, 0.6) is 0 Å². The van der Waals surface area contributed by atoms with Gasteiger partial charge in [0.2, 0.25) is 0 Å². The van der Waals surface area contributed by atoms with Crippen LogP contribution in [0.1, 0.15) is 41.4 Å². The van der Waals surface area contributed by atoms with Crippen molar-refractivity contribution in [2.24, 2.45) is 0 Å². The van der Waals surface area contributed by atoms with Gasteiger partial charge in [0, 0.05) is 68.3 Å². The second-order valence-electron chi connectivity index (χ2n) is 3.16. The molecule has 0 spiro atoms. The summed E-state index contributed by atoms with van der Waals surface area (Å²) >= 11 is 0. The monoisotopic (exact) mass is 656 g/mol. The zero-order chi connectivity index (χ0) is 14.0. The first-order valence-electron chi connectivity index (χ1n) is 4.37. The second kappa shape index (κ2) is 32.5. The molecule has 0 aliphatic rings. The molecule has 1 rings (SSSR count). The minimum atomic E-state index is -1.66. The third kappa shape index (κ3) is 18.9. The minimum Gasteiger partial charge on any atom is -0.478 e. The van der Waals surface area contributed by atoms with Crippen molar-refractivity contribution in [3.63, 3.8) is 0 Å². The molecule has 202 valence electrons. The zero-order valence-corrected chi connectivity index (χ0v) is 18.0. The molecule has 26 N–H and O–H groups in total. The molecule has 0 atom stereocenters. The van der Waals surface area contributed by atoms with Crippen molar-refractivity contribution < 1.29 is 152 Å². The summed E-state index contributed by atoms with van der Waals surface area (Å²) in [5.74, 6) is -6.64. The van der Waals surface area contributed by atoms with Crippen LogP contribution in [0.3, 0.4) is 0 Å². The number of rotatable bonds is 4. The van der Waals surface area contributed by atoms with E-state index in [1.165, 1.54) is 0 Å². The molecule has 0 aliphatic carbocycles. The van der Waals surface area contributed by atoms with Gasteiger partial charge in [0.15, 0.2) is 0 Å². The summed E-state index contributed by atoms with van der Waals surface area (Å²) in [6.45, 7) is 0. The largest absolute Gasteiger partial charge is 0.478 e. The first-order chi connectivity index (χ1) is 8.25. The van der Waals surface area contributed by atoms with Gasteiger partial charge in [-0.2, -0.15) is 0 Å². The third-order valence-electron chi connectivity index (χ3n) is 2.08. The van der Waals surface area contributed by atoms with E-state index in [0.717, 1.165) is 0 Å². The Balaban J connectivity index is -0.0000000270. The molecule has 0 saturated carbocycles. The number of carbonyl (C=O) groups is 4. The Labute approximate surface area is 209 Å². The zero-order valence-electron chi connectivity index (χ0n) is 14.2. The summed E-state index contributed by atoms with van der Waals surface area (Å²) in [6.07, 6.45) is 0. The summed E-state index contributed by atoms with van der Waals surface area (Å²) in [6, 6.07) is 1.02. The molecule has 1 aromatic carbocycles. The SMILES string of the molecule is O.O.O=C(O)c1cc(C(=O)O)c(C(=O)O)cc1C(=O)O.[Cu].[Cu].[Cu].[Cu].[OH3+].[OH3+].[OH3+].[OH3+].[OH3+].[OH3+]. The van der Waals surface area contributed by atoms with E-state index in [1.807, 2.05) is 0 Å². The van der Waals surface area contributed by atoms with E-state index in [0.29, 0.717) is 12.1 Å². The molecule has 0 aromatic heterocycles. The van der Waals surface area contributed by atoms with E-state index in [-0.39, 0.29) is 112 Å². The molecule has 0 saturated heterocycles. The quantitative estimate of drug-likeness (QED) is 0.177. The number of hydrogen-bond acceptors (Lipinski definition) is 4. The van der Waals surface area contributed by atoms with Gasteiger partial charge in [-0.15, -0.1) is 0 Å². The Morgan fingerprint density at radius 1 is 0.433 bits per heavy atom. The van der Waals surface area contributed by atoms with E-state index in [9.17, 15) is 19.2 Å². The number of hydrogen-bond donors (Lipinski definition) is 4. The predicted octanol–water partition coefficient (Wildman–Crippen LogP) is -6.71. The van der Waals surface area contributed by atoms with Gasteiger partial charge in [-0.3, -0.25) is 0 Å². The fourth-order valence-electron chi connectivity index (χ4n) is 1.31. The minimum absolute atomic E-state index is 0. The van der Waals surface area contributed by atoms with Gasteiger partial charge in [0.05, 0.1) is 22.3 Å². The van der Waals surface area contributed by atoms with Crippen molar-refractivity contribution in [3.05, 3.63) is 34.4 Å². The molecule has 0 aliphatic heterocycles. The molecule has 0 bridgehead atoms. The number of carboxylic acid groups (broad SMARTS) is 4.